The van der Waals surface area contributed by atoms with Crippen LogP contribution in [-0.4, -0.2) is 11.0 Å². The van der Waals surface area contributed by atoms with Crippen molar-refractivity contribution in [2.75, 3.05) is 0 Å². The maximum absolute atomic E-state index is 12.0. The molecular formula is C16H19NO3. The Hall–Kier alpha value is -1.84. The summed E-state index contributed by atoms with van der Waals surface area (Å²) in [6, 6.07) is 5.31. The normalized spacial score (nSPS) is 16.4. The summed E-state index contributed by atoms with van der Waals surface area (Å²) in [5.74, 6) is 1.50. The van der Waals surface area contributed by atoms with Crippen LogP contribution in [0.15, 0.2) is 22.6 Å². The number of nitrogens with zero attached hydrogens (tertiary/aromatic N) is 1. The van der Waals surface area contributed by atoms with Crippen LogP contribution in [0.3, 0.4) is 0 Å². The molecule has 4 nitrogen and oxygen atoms in total. The number of rotatable bonds is 3. The van der Waals surface area contributed by atoms with E-state index in [1.807, 2.05) is 6.07 Å². The van der Waals surface area contributed by atoms with Crippen LogP contribution < -0.4 is 4.74 Å². The summed E-state index contributed by atoms with van der Waals surface area (Å²) in [6.07, 6.45) is 6.59. The number of ether oxygens (including phenoxy) is 1. The molecule has 0 unspecified atom stereocenters. The summed E-state index contributed by atoms with van der Waals surface area (Å²) < 4.78 is 10.8. The maximum Gasteiger partial charge on any atom is 0.311 e. The second kappa shape index (κ2) is 5.65. The van der Waals surface area contributed by atoms with E-state index < -0.39 is 0 Å². The Balaban J connectivity index is 1.64. The minimum atomic E-state index is -0.146. The first-order chi connectivity index (χ1) is 9.70. The van der Waals surface area contributed by atoms with Crippen molar-refractivity contribution in [2.24, 2.45) is 5.92 Å². The van der Waals surface area contributed by atoms with Crippen molar-refractivity contribution in [2.45, 2.75) is 45.4 Å². The number of hydrogen-bond donors (Lipinski definition) is 0. The molecule has 1 aliphatic rings. The van der Waals surface area contributed by atoms with Crippen molar-refractivity contribution in [1.82, 2.24) is 4.98 Å². The molecule has 2 aromatic rings. The highest BCUT2D eigenvalue weighted by atomic mass is 16.5. The third-order valence-electron chi connectivity index (χ3n) is 3.88. The lowest BCUT2D eigenvalue weighted by Gasteiger charge is -2.20. The standard InChI is InChI=1S/C16H19NO3/c1-11-17-14-8-7-13(10-15(14)19-11)20-16(18)9-12-5-3-2-4-6-12/h7-8,10,12H,2-6,9H2,1H3. The summed E-state index contributed by atoms with van der Waals surface area (Å²) in [6.45, 7) is 1.80. The average Bonchev–Trinajstić information content (AvgIpc) is 2.79. The molecule has 1 heterocycles. The Bertz CT molecular complexity index is 611. The molecule has 1 aromatic carbocycles. The molecule has 0 radical (unpaired) electrons. The molecule has 0 N–H and O–H groups in total. The van der Waals surface area contributed by atoms with E-state index in [9.17, 15) is 4.79 Å². The lowest BCUT2D eigenvalue weighted by Crippen LogP contribution is -2.16. The van der Waals surface area contributed by atoms with Gasteiger partial charge in [0, 0.05) is 19.4 Å². The largest absolute Gasteiger partial charge is 0.441 e. The van der Waals surface area contributed by atoms with E-state index in [0.717, 1.165) is 18.4 Å². The van der Waals surface area contributed by atoms with E-state index in [2.05, 4.69) is 4.98 Å². The number of benzene rings is 1. The van der Waals surface area contributed by atoms with Crippen LogP contribution in [0, 0.1) is 12.8 Å². The molecule has 0 bridgehead atoms. The van der Waals surface area contributed by atoms with Gasteiger partial charge in [0.1, 0.15) is 11.3 Å². The number of aryl methyl sites for hydroxylation is 1. The molecule has 1 aliphatic carbocycles. The van der Waals surface area contributed by atoms with Gasteiger partial charge in [-0.15, -0.1) is 0 Å². The fraction of sp³-hybridized carbons (Fsp3) is 0.500. The van der Waals surface area contributed by atoms with Crippen molar-refractivity contribution in [3.8, 4) is 5.75 Å². The van der Waals surface area contributed by atoms with Crippen LogP contribution in [0.1, 0.15) is 44.4 Å². The van der Waals surface area contributed by atoms with Gasteiger partial charge in [-0.2, -0.15) is 0 Å². The average molecular weight is 273 g/mol. The van der Waals surface area contributed by atoms with Gasteiger partial charge >= 0.3 is 5.97 Å². The van der Waals surface area contributed by atoms with Crippen LogP contribution >= 0.6 is 0 Å². The molecule has 0 aliphatic heterocycles. The predicted molar refractivity (Wildman–Crippen MR) is 75.6 cm³/mol. The van der Waals surface area contributed by atoms with Crippen LogP contribution in [0.25, 0.3) is 11.1 Å². The number of aromatic nitrogens is 1. The van der Waals surface area contributed by atoms with E-state index in [0.29, 0.717) is 29.6 Å². The summed E-state index contributed by atoms with van der Waals surface area (Å²) >= 11 is 0. The lowest BCUT2D eigenvalue weighted by molar-refractivity contribution is -0.135. The number of esters is 1. The smallest absolute Gasteiger partial charge is 0.311 e. The molecule has 0 amide bonds. The molecule has 0 atom stereocenters. The van der Waals surface area contributed by atoms with Crippen molar-refractivity contribution in [3.05, 3.63) is 24.1 Å². The first kappa shape index (κ1) is 13.2. The van der Waals surface area contributed by atoms with Crippen LogP contribution in [0.4, 0.5) is 0 Å². The maximum atomic E-state index is 12.0. The zero-order valence-electron chi connectivity index (χ0n) is 11.7. The fourth-order valence-corrected chi connectivity index (χ4v) is 2.88. The number of hydrogen-bond acceptors (Lipinski definition) is 4. The first-order valence-electron chi connectivity index (χ1n) is 7.28. The predicted octanol–water partition coefficient (Wildman–Crippen LogP) is 4.01. The minimum Gasteiger partial charge on any atom is -0.441 e. The molecule has 4 heteroatoms. The van der Waals surface area contributed by atoms with E-state index in [4.69, 9.17) is 9.15 Å². The van der Waals surface area contributed by atoms with E-state index in [1.165, 1.54) is 19.3 Å². The van der Waals surface area contributed by atoms with Gasteiger partial charge in [0.05, 0.1) is 0 Å². The van der Waals surface area contributed by atoms with Gasteiger partial charge in [-0.25, -0.2) is 4.98 Å². The summed E-state index contributed by atoms with van der Waals surface area (Å²) in [7, 11) is 0. The van der Waals surface area contributed by atoms with E-state index in [-0.39, 0.29) is 5.97 Å². The number of carbonyl (C=O) groups is 1. The number of oxazole rings is 1. The van der Waals surface area contributed by atoms with Crippen molar-refractivity contribution in [3.63, 3.8) is 0 Å². The molecule has 20 heavy (non-hydrogen) atoms. The number of carbonyl (C=O) groups excluding carboxylic acids is 1. The Labute approximate surface area is 118 Å². The molecule has 1 fully saturated rings. The second-order valence-electron chi connectivity index (χ2n) is 5.54. The zero-order chi connectivity index (χ0) is 13.9. The Morgan fingerprint density at radius 2 is 2.15 bits per heavy atom. The van der Waals surface area contributed by atoms with Gasteiger partial charge in [-0.05, 0) is 30.9 Å². The van der Waals surface area contributed by atoms with E-state index >= 15 is 0 Å². The summed E-state index contributed by atoms with van der Waals surface area (Å²) in [4.78, 5) is 16.2. The third-order valence-corrected chi connectivity index (χ3v) is 3.88. The summed E-state index contributed by atoms with van der Waals surface area (Å²) in [5, 5.41) is 0. The van der Waals surface area contributed by atoms with Gasteiger partial charge in [0.25, 0.3) is 0 Å². The summed E-state index contributed by atoms with van der Waals surface area (Å²) in [5.41, 5.74) is 1.44. The van der Waals surface area contributed by atoms with Crippen LogP contribution in [0.2, 0.25) is 0 Å². The van der Waals surface area contributed by atoms with Crippen LogP contribution in [-0.2, 0) is 4.79 Å². The highest BCUT2D eigenvalue weighted by molar-refractivity contribution is 5.77. The van der Waals surface area contributed by atoms with Gasteiger partial charge in [-0.1, -0.05) is 19.3 Å². The molecule has 0 saturated heterocycles. The number of fused-ring (bicyclic) bond motifs is 1. The van der Waals surface area contributed by atoms with Crippen LogP contribution in [0.5, 0.6) is 5.75 Å². The molecule has 0 spiro atoms. The Kier molecular flexibility index (Phi) is 3.72. The lowest BCUT2D eigenvalue weighted by atomic mass is 9.87. The molecule has 1 aromatic heterocycles. The quantitative estimate of drug-likeness (QED) is 0.626. The monoisotopic (exact) mass is 273 g/mol. The Morgan fingerprint density at radius 1 is 1.35 bits per heavy atom. The second-order valence-corrected chi connectivity index (χ2v) is 5.54. The van der Waals surface area contributed by atoms with Crippen molar-refractivity contribution < 1.29 is 13.9 Å². The molecule has 1 saturated carbocycles. The van der Waals surface area contributed by atoms with Crippen molar-refractivity contribution >= 4 is 17.1 Å². The van der Waals surface area contributed by atoms with E-state index in [1.54, 1.807) is 19.1 Å². The molecule has 106 valence electrons. The minimum absolute atomic E-state index is 0.146. The fourth-order valence-electron chi connectivity index (χ4n) is 2.88. The molecule has 3 rings (SSSR count). The van der Waals surface area contributed by atoms with Gasteiger partial charge in [0.2, 0.25) is 0 Å². The molecular weight excluding hydrogens is 254 g/mol. The van der Waals surface area contributed by atoms with Gasteiger partial charge in [-0.3, -0.25) is 4.79 Å². The highest BCUT2D eigenvalue weighted by Gasteiger charge is 2.18. The highest BCUT2D eigenvalue weighted by Crippen LogP contribution is 2.27. The Morgan fingerprint density at radius 3 is 2.95 bits per heavy atom. The zero-order valence-corrected chi connectivity index (χ0v) is 11.7. The van der Waals surface area contributed by atoms with Gasteiger partial charge < -0.3 is 9.15 Å². The first-order valence-corrected chi connectivity index (χ1v) is 7.28. The third kappa shape index (κ3) is 3.00. The van der Waals surface area contributed by atoms with Gasteiger partial charge in [0.15, 0.2) is 11.5 Å². The SMILES string of the molecule is Cc1nc2ccc(OC(=O)CC3CCCCC3)cc2o1. The van der Waals surface area contributed by atoms with Crippen molar-refractivity contribution in [1.29, 1.82) is 0 Å². The topological polar surface area (TPSA) is 52.3 Å².